The molecule has 1 atom stereocenters. The number of hydrogen-bond donors (Lipinski definition) is 1. The minimum Gasteiger partial charge on any atom is -0.378 e. The topological polar surface area (TPSA) is 64.9 Å². The molecule has 18 heavy (non-hydrogen) atoms. The molecule has 1 aromatic heterocycles. The second-order valence-electron chi connectivity index (χ2n) is 5.85. The zero-order chi connectivity index (χ0) is 13.0. The van der Waals surface area contributed by atoms with Gasteiger partial charge in [0.1, 0.15) is 0 Å². The van der Waals surface area contributed by atoms with E-state index in [9.17, 15) is 0 Å². The number of rotatable bonds is 5. The fourth-order valence-electron chi connectivity index (χ4n) is 2.01. The summed E-state index contributed by atoms with van der Waals surface area (Å²) in [7, 11) is 0. The Bertz CT molecular complexity index is 365. The van der Waals surface area contributed by atoms with Gasteiger partial charge in [-0.15, -0.1) is 5.10 Å². The molecule has 6 nitrogen and oxygen atoms in total. The molecule has 0 bridgehead atoms. The largest absolute Gasteiger partial charge is 0.378 e. The van der Waals surface area contributed by atoms with Crippen molar-refractivity contribution in [3.8, 4) is 0 Å². The zero-order valence-electron chi connectivity index (χ0n) is 11.5. The monoisotopic (exact) mass is 253 g/mol. The van der Waals surface area contributed by atoms with E-state index in [0.717, 1.165) is 31.8 Å². The van der Waals surface area contributed by atoms with E-state index in [1.165, 1.54) is 6.42 Å². The summed E-state index contributed by atoms with van der Waals surface area (Å²) in [4.78, 5) is 0. The van der Waals surface area contributed by atoms with Gasteiger partial charge in [-0.1, -0.05) is 0 Å². The molecule has 102 valence electrons. The normalized spacial score (nSPS) is 20.5. The number of aryl methyl sites for hydroxylation is 1. The average molecular weight is 253 g/mol. The molecule has 0 amide bonds. The van der Waals surface area contributed by atoms with Gasteiger partial charge >= 0.3 is 0 Å². The maximum absolute atomic E-state index is 5.61. The summed E-state index contributed by atoms with van der Waals surface area (Å²) in [5, 5.41) is 15.2. The van der Waals surface area contributed by atoms with Crippen molar-refractivity contribution in [2.45, 2.75) is 64.8 Å². The number of nitrogens with one attached hydrogen (secondary N) is 1. The molecule has 6 heteroatoms. The van der Waals surface area contributed by atoms with Gasteiger partial charge in [-0.25, -0.2) is 4.68 Å². The summed E-state index contributed by atoms with van der Waals surface area (Å²) >= 11 is 0. The van der Waals surface area contributed by atoms with Crippen LogP contribution in [0.25, 0.3) is 0 Å². The molecule has 0 aromatic carbocycles. The van der Waals surface area contributed by atoms with Crippen molar-refractivity contribution in [3.63, 3.8) is 0 Å². The van der Waals surface area contributed by atoms with Crippen LogP contribution in [-0.4, -0.2) is 38.5 Å². The lowest BCUT2D eigenvalue weighted by atomic mass is 10.1. The highest BCUT2D eigenvalue weighted by Gasteiger charge is 2.17. The summed E-state index contributed by atoms with van der Waals surface area (Å²) in [6.45, 7) is 8.83. The Morgan fingerprint density at radius 2 is 2.28 bits per heavy atom. The van der Waals surface area contributed by atoms with Crippen LogP contribution in [0, 0.1) is 0 Å². The van der Waals surface area contributed by atoms with Crippen LogP contribution in [0.3, 0.4) is 0 Å². The third kappa shape index (κ3) is 4.03. The summed E-state index contributed by atoms with van der Waals surface area (Å²) in [6.07, 6.45) is 3.72. The molecule has 0 saturated carbocycles. The molecule has 0 radical (unpaired) electrons. The van der Waals surface area contributed by atoms with Gasteiger partial charge in [0.15, 0.2) is 5.82 Å². The summed E-state index contributed by atoms with van der Waals surface area (Å²) < 4.78 is 7.48. The summed E-state index contributed by atoms with van der Waals surface area (Å²) in [5.74, 6) is 0.892. The standard InChI is InChI=1S/C12H23N5O/c1-12(2,3)13-9-11-14-15-16-17(11)7-6-10-5-4-8-18-10/h10,13H,4-9H2,1-3H3. The summed E-state index contributed by atoms with van der Waals surface area (Å²) in [6, 6.07) is 0. The van der Waals surface area contributed by atoms with E-state index in [1.54, 1.807) is 0 Å². The molecule has 1 aliphatic rings. The molecular formula is C12H23N5O. The molecule has 1 aromatic rings. The molecule has 2 heterocycles. The van der Waals surface area contributed by atoms with Crippen LogP contribution in [0.2, 0.25) is 0 Å². The van der Waals surface area contributed by atoms with Gasteiger partial charge in [0.25, 0.3) is 0 Å². The van der Waals surface area contributed by atoms with Crippen LogP contribution in [0.1, 0.15) is 45.9 Å². The maximum atomic E-state index is 5.61. The minimum atomic E-state index is 0.0747. The van der Waals surface area contributed by atoms with Gasteiger partial charge < -0.3 is 10.1 Å². The lowest BCUT2D eigenvalue weighted by Gasteiger charge is -2.20. The summed E-state index contributed by atoms with van der Waals surface area (Å²) in [5.41, 5.74) is 0.0747. The van der Waals surface area contributed by atoms with Gasteiger partial charge in [-0.2, -0.15) is 0 Å². The van der Waals surface area contributed by atoms with Gasteiger partial charge in [0.2, 0.25) is 0 Å². The lowest BCUT2D eigenvalue weighted by Crippen LogP contribution is -2.36. The Labute approximate surface area is 108 Å². The van der Waals surface area contributed by atoms with Gasteiger partial charge in [-0.05, 0) is 50.5 Å². The van der Waals surface area contributed by atoms with E-state index in [0.29, 0.717) is 12.6 Å². The molecule has 1 fully saturated rings. The van der Waals surface area contributed by atoms with Crippen LogP contribution in [-0.2, 0) is 17.8 Å². The molecule has 1 aliphatic heterocycles. The van der Waals surface area contributed by atoms with E-state index in [-0.39, 0.29) is 5.54 Å². The van der Waals surface area contributed by atoms with Crippen molar-refractivity contribution < 1.29 is 4.74 Å². The van der Waals surface area contributed by atoms with Crippen LogP contribution >= 0.6 is 0 Å². The first kappa shape index (κ1) is 13.4. The van der Waals surface area contributed by atoms with E-state index < -0.39 is 0 Å². The zero-order valence-corrected chi connectivity index (χ0v) is 11.5. The maximum Gasteiger partial charge on any atom is 0.165 e. The smallest absolute Gasteiger partial charge is 0.165 e. The minimum absolute atomic E-state index is 0.0747. The fraction of sp³-hybridized carbons (Fsp3) is 0.917. The first-order chi connectivity index (χ1) is 8.54. The van der Waals surface area contributed by atoms with Crippen LogP contribution in [0.5, 0.6) is 0 Å². The van der Waals surface area contributed by atoms with Gasteiger partial charge in [0, 0.05) is 18.7 Å². The number of tetrazole rings is 1. The van der Waals surface area contributed by atoms with Crippen molar-refractivity contribution in [3.05, 3.63) is 5.82 Å². The Morgan fingerprint density at radius 1 is 1.44 bits per heavy atom. The molecule has 1 unspecified atom stereocenters. The Balaban J connectivity index is 1.83. The Morgan fingerprint density at radius 3 is 2.94 bits per heavy atom. The first-order valence-corrected chi connectivity index (χ1v) is 6.66. The first-order valence-electron chi connectivity index (χ1n) is 6.66. The predicted octanol–water partition coefficient (Wildman–Crippen LogP) is 1.13. The number of ether oxygens (including phenoxy) is 1. The van der Waals surface area contributed by atoms with Crippen molar-refractivity contribution >= 4 is 0 Å². The van der Waals surface area contributed by atoms with Crippen molar-refractivity contribution in [1.82, 2.24) is 25.5 Å². The highest BCUT2D eigenvalue weighted by molar-refractivity contribution is 4.83. The average Bonchev–Trinajstić information content (AvgIpc) is 2.94. The van der Waals surface area contributed by atoms with E-state index in [2.05, 4.69) is 41.6 Å². The third-order valence-corrected chi connectivity index (χ3v) is 3.07. The van der Waals surface area contributed by atoms with E-state index in [1.807, 2.05) is 4.68 Å². The SMILES string of the molecule is CC(C)(C)NCc1nnnn1CCC1CCCO1. The van der Waals surface area contributed by atoms with E-state index >= 15 is 0 Å². The lowest BCUT2D eigenvalue weighted by molar-refractivity contribution is 0.0990. The molecule has 0 spiro atoms. The molecular weight excluding hydrogens is 230 g/mol. The van der Waals surface area contributed by atoms with Crippen molar-refractivity contribution in [1.29, 1.82) is 0 Å². The highest BCUT2D eigenvalue weighted by atomic mass is 16.5. The predicted molar refractivity (Wildman–Crippen MR) is 68.0 cm³/mol. The van der Waals surface area contributed by atoms with Crippen LogP contribution < -0.4 is 5.32 Å². The Hall–Kier alpha value is -1.01. The molecule has 2 rings (SSSR count). The fourth-order valence-corrected chi connectivity index (χ4v) is 2.01. The highest BCUT2D eigenvalue weighted by Crippen LogP contribution is 2.16. The van der Waals surface area contributed by atoms with Crippen molar-refractivity contribution in [2.24, 2.45) is 0 Å². The van der Waals surface area contributed by atoms with Crippen LogP contribution in [0.4, 0.5) is 0 Å². The molecule has 0 aliphatic carbocycles. The number of aromatic nitrogens is 4. The van der Waals surface area contributed by atoms with E-state index in [4.69, 9.17) is 4.74 Å². The second kappa shape index (κ2) is 5.75. The van der Waals surface area contributed by atoms with Crippen LogP contribution in [0.15, 0.2) is 0 Å². The molecule has 1 saturated heterocycles. The van der Waals surface area contributed by atoms with Crippen molar-refractivity contribution in [2.75, 3.05) is 6.61 Å². The molecule has 1 N–H and O–H groups in total. The number of hydrogen-bond acceptors (Lipinski definition) is 5. The third-order valence-electron chi connectivity index (χ3n) is 3.07. The number of nitrogens with zero attached hydrogens (tertiary/aromatic N) is 4. The van der Waals surface area contributed by atoms with Gasteiger partial charge in [0.05, 0.1) is 12.6 Å². The second-order valence-corrected chi connectivity index (χ2v) is 5.85. The quantitative estimate of drug-likeness (QED) is 0.852. The Kier molecular flexibility index (Phi) is 4.29. The van der Waals surface area contributed by atoms with Gasteiger partial charge in [-0.3, -0.25) is 0 Å².